The number of nitrogens with one attached hydrogen (secondary N) is 2. The fraction of sp³-hybridized carbons (Fsp3) is 0.214. The molecule has 3 rings (SSSR count). The molecular weight excluding hydrogens is 272 g/mol. The van der Waals surface area contributed by atoms with Crippen molar-refractivity contribution < 1.29 is 4.79 Å². The Morgan fingerprint density at radius 1 is 1.40 bits per heavy atom. The zero-order chi connectivity index (χ0) is 14.1. The lowest BCUT2D eigenvalue weighted by molar-refractivity contribution is -0.115. The van der Waals surface area contributed by atoms with Crippen molar-refractivity contribution >= 4 is 33.1 Å². The van der Waals surface area contributed by atoms with Crippen molar-refractivity contribution in [1.82, 2.24) is 15.2 Å². The highest BCUT2D eigenvalue weighted by atomic mass is 32.1. The summed E-state index contributed by atoms with van der Waals surface area (Å²) in [7, 11) is 0. The molecule has 0 bridgehead atoms. The molecule has 0 aliphatic carbocycles. The SMILES string of the molecule is Cc1n[nH]c(C)c1CC(=O)Nc1nccc2sccc12. The van der Waals surface area contributed by atoms with Gasteiger partial charge in [0.05, 0.1) is 12.1 Å². The van der Waals surface area contributed by atoms with Crippen LogP contribution in [0, 0.1) is 13.8 Å². The summed E-state index contributed by atoms with van der Waals surface area (Å²) in [6.07, 6.45) is 2.01. The van der Waals surface area contributed by atoms with E-state index in [1.165, 1.54) is 0 Å². The van der Waals surface area contributed by atoms with Gasteiger partial charge >= 0.3 is 0 Å². The summed E-state index contributed by atoms with van der Waals surface area (Å²) in [5.41, 5.74) is 2.73. The number of H-pyrrole nitrogens is 1. The Morgan fingerprint density at radius 2 is 2.25 bits per heavy atom. The normalized spacial score (nSPS) is 10.9. The standard InChI is InChI=1S/C14H14N4OS/c1-8-11(9(2)18-17-8)7-13(19)16-14-10-4-6-20-12(10)3-5-15-14/h3-6H,7H2,1-2H3,(H,17,18)(H,15,16,19). The third-order valence-corrected chi connectivity index (χ3v) is 4.14. The van der Waals surface area contributed by atoms with Gasteiger partial charge in [0.25, 0.3) is 0 Å². The Kier molecular flexibility index (Phi) is 3.23. The number of rotatable bonds is 3. The van der Waals surface area contributed by atoms with Gasteiger partial charge in [0.2, 0.25) is 5.91 Å². The maximum absolute atomic E-state index is 12.2. The largest absolute Gasteiger partial charge is 0.310 e. The van der Waals surface area contributed by atoms with Crippen molar-refractivity contribution in [3.8, 4) is 0 Å². The van der Waals surface area contributed by atoms with Crippen molar-refractivity contribution in [3.05, 3.63) is 40.7 Å². The molecular formula is C14H14N4OS. The molecule has 0 aromatic carbocycles. The number of hydrogen-bond acceptors (Lipinski definition) is 4. The van der Waals surface area contributed by atoms with E-state index in [4.69, 9.17) is 0 Å². The van der Waals surface area contributed by atoms with Crippen molar-refractivity contribution in [2.24, 2.45) is 0 Å². The number of pyridine rings is 1. The van der Waals surface area contributed by atoms with Crippen LogP contribution in [0.15, 0.2) is 23.7 Å². The van der Waals surface area contributed by atoms with Crippen molar-refractivity contribution in [1.29, 1.82) is 0 Å². The number of aryl methyl sites for hydroxylation is 2. The van der Waals surface area contributed by atoms with Crippen LogP contribution in [0.4, 0.5) is 5.82 Å². The summed E-state index contributed by atoms with van der Waals surface area (Å²) in [5, 5.41) is 12.8. The summed E-state index contributed by atoms with van der Waals surface area (Å²) in [6, 6.07) is 3.91. The molecule has 5 nitrogen and oxygen atoms in total. The van der Waals surface area contributed by atoms with E-state index >= 15 is 0 Å². The van der Waals surface area contributed by atoms with E-state index in [-0.39, 0.29) is 5.91 Å². The molecule has 0 aliphatic heterocycles. The quantitative estimate of drug-likeness (QED) is 0.777. The Balaban J connectivity index is 1.81. The average Bonchev–Trinajstić information content (AvgIpc) is 3.01. The second-order valence-corrected chi connectivity index (χ2v) is 5.58. The number of aromatic amines is 1. The lowest BCUT2D eigenvalue weighted by Gasteiger charge is -2.05. The number of carbonyl (C=O) groups is 1. The molecule has 6 heteroatoms. The van der Waals surface area contributed by atoms with E-state index in [0.29, 0.717) is 12.2 Å². The van der Waals surface area contributed by atoms with Crippen molar-refractivity contribution in [3.63, 3.8) is 0 Å². The molecule has 0 fully saturated rings. The lowest BCUT2D eigenvalue weighted by atomic mass is 10.1. The molecule has 2 N–H and O–H groups in total. The highest BCUT2D eigenvalue weighted by molar-refractivity contribution is 7.17. The number of thiophene rings is 1. The topological polar surface area (TPSA) is 70.7 Å². The number of nitrogens with zero attached hydrogens (tertiary/aromatic N) is 2. The molecule has 1 amide bonds. The number of hydrogen-bond donors (Lipinski definition) is 2. The van der Waals surface area contributed by atoms with Crippen LogP contribution < -0.4 is 5.32 Å². The van der Waals surface area contributed by atoms with Gasteiger partial charge in [-0.1, -0.05) is 0 Å². The number of amides is 1. The summed E-state index contributed by atoms with van der Waals surface area (Å²) in [4.78, 5) is 16.4. The Morgan fingerprint density at radius 3 is 3.00 bits per heavy atom. The first-order valence-corrected chi connectivity index (χ1v) is 7.15. The van der Waals surface area contributed by atoms with Gasteiger partial charge in [0, 0.05) is 27.5 Å². The molecule has 3 heterocycles. The third-order valence-electron chi connectivity index (χ3n) is 3.26. The molecule has 3 aromatic rings. The Hall–Kier alpha value is -2.21. The summed E-state index contributed by atoms with van der Waals surface area (Å²) in [5.74, 6) is 0.538. The van der Waals surface area contributed by atoms with E-state index < -0.39 is 0 Å². The summed E-state index contributed by atoms with van der Waals surface area (Å²) >= 11 is 1.63. The van der Waals surface area contributed by atoms with Gasteiger partial charge in [-0.15, -0.1) is 11.3 Å². The number of anilines is 1. The van der Waals surface area contributed by atoms with Crippen LogP contribution in [0.1, 0.15) is 17.0 Å². The minimum absolute atomic E-state index is 0.0798. The van der Waals surface area contributed by atoms with E-state index in [1.54, 1.807) is 17.5 Å². The first-order chi connectivity index (χ1) is 9.65. The second kappa shape index (κ2) is 5.05. The van der Waals surface area contributed by atoms with Crippen molar-refractivity contribution in [2.75, 3.05) is 5.32 Å². The van der Waals surface area contributed by atoms with Gasteiger partial charge in [0.15, 0.2) is 0 Å². The summed E-state index contributed by atoms with van der Waals surface area (Å²) < 4.78 is 1.12. The highest BCUT2D eigenvalue weighted by Gasteiger charge is 2.13. The number of carbonyl (C=O) groups excluding carboxylic acids is 1. The maximum atomic E-state index is 12.2. The molecule has 0 saturated heterocycles. The van der Waals surface area contributed by atoms with Gasteiger partial charge in [-0.25, -0.2) is 4.98 Å². The molecule has 0 spiro atoms. The van der Waals surface area contributed by atoms with Crippen LogP contribution in [-0.2, 0) is 11.2 Å². The minimum Gasteiger partial charge on any atom is -0.310 e. The molecule has 102 valence electrons. The number of fused-ring (bicyclic) bond motifs is 1. The van der Waals surface area contributed by atoms with Crippen LogP contribution >= 0.6 is 11.3 Å². The van der Waals surface area contributed by atoms with Crippen LogP contribution in [-0.4, -0.2) is 21.1 Å². The minimum atomic E-state index is -0.0798. The van der Waals surface area contributed by atoms with Crippen LogP contribution in [0.2, 0.25) is 0 Å². The molecule has 3 aromatic heterocycles. The molecule has 0 saturated carbocycles. The fourth-order valence-electron chi connectivity index (χ4n) is 2.17. The molecule has 0 radical (unpaired) electrons. The van der Waals surface area contributed by atoms with E-state index in [9.17, 15) is 4.79 Å². The fourth-order valence-corrected chi connectivity index (χ4v) is 2.95. The maximum Gasteiger partial charge on any atom is 0.230 e. The van der Waals surface area contributed by atoms with Crippen LogP contribution in [0.3, 0.4) is 0 Å². The van der Waals surface area contributed by atoms with Crippen LogP contribution in [0.25, 0.3) is 10.1 Å². The first kappa shape index (κ1) is 12.8. The molecule has 0 aliphatic rings. The molecule has 0 unspecified atom stereocenters. The molecule has 0 atom stereocenters. The van der Waals surface area contributed by atoms with Gasteiger partial charge in [-0.2, -0.15) is 5.10 Å². The zero-order valence-electron chi connectivity index (χ0n) is 11.2. The average molecular weight is 286 g/mol. The molecule has 20 heavy (non-hydrogen) atoms. The van der Waals surface area contributed by atoms with Crippen LogP contribution in [0.5, 0.6) is 0 Å². The number of aromatic nitrogens is 3. The monoisotopic (exact) mass is 286 g/mol. The zero-order valence-corrected chi connectivity index (χ0v) is 12.0. The Bertz CT molecular complexity index is 755. The summed E-state index contributed by atoms with van der Waals surface area (Å²) in [6.45, 7) is 3.81. The second-order valence-electron chi connectivity index (χ2n) is 4.63. The predicted molar refractivity (Wildman–Crippen MR) is 80.0 cm³/mol. The smallest absolute Gasteiger partial charge is 0.230 e. The van der Waals surface area contributed by atoms with Crippen molar-refractivity contribution in [2.45, 2.75) is 20.3 Å². The third kappa shape index (κ3) is 2.30. The Labute approximate surface area is 120 Å². The lowest BCUT2D eigenvalue weighted by Crippen LogP contribution is -2.16. The predicted octanol–water partition coefficient (Wildman–Crippen LogP) is 2.82. The highest BCUT2D eigenvalue weighted by Crippen LogP contribution is 2.25. The van der Waals surface area contributed by atoms with E-state index in [0.717, 1.165) is 27.0 Å². The van der Waals surface area contributed by atoms with E-state index in [1.807, 2.05) is 31.4 Å². The van der Waals surface area contributed by atoms with Gasteiger partial charge in [-0.3, -0.25) is 9.89 Å². The van der Waals surface area contributed by atoms with Gasteiger partial charge < -0.3 is 5.32 Å². The van der Waals surface area contributed by atoms with Gasteiger partial charge in [-0.05, 0) is 31.4 Å². The van der Waals surface area contributed by atoms with Gasteiger partial charge in [0.1, 0.15) is 5.82 Å². The first-order valence-electron chi connectivity index (χ1n) is 6.27. The van der Waals surface area contributed by atoms with E-state index in [2.05, 4.69) is 20.5 Å².